The zero-order valence-corrected chi connectivity index (χ0v) is 17.3. The highest BCUT2D eigenvalue weighted by molar-refractivity contribution is 6.18. The summed E-state index contributed by atoms with van der Waals surface area (Å²) >= 11 is 11.7. The van der Waals surface area contributed by atoms with Crippen LogP contribution in [0.3, 0.4) is 0 Å². The van der Waals surface area contributed by atoms with E-state index in [-0.39, 0.29) is 5.52 Å². The Kier molecular flexibility index (Phi) is 7.39. The van der Waals surface area contributed by atoms with Gasteiger partial charge in [0.15, 0.2) is 0 Å². The van der Waals surface area contributed by atoms with Crippen LogP contribution in [0, 0.1) is 0 Å². The molecule has 2 aromatic carbocycles. The second-order valence-electron chi connectivity index (χ2n) is 6.41. The quantitative estimate of drug-likeness (QED) is 0.258. The van der Waals surface area contributed by atoms with E-state index in [1.807, 2.05) is 24.3 Å². The lowest BCUT2D eigenvalue weighted by Crippen LogP contribution is -2.27. The Bertz CT molecular complexity index is 1000. The van der Waals surface area contributed by atoms with E-state index in [9.17, 15) is 13.2 Å². The van der Waals surface area contributed by atoms with Gasteiger partial charge in [0.25, 0.3) is 0 Å². The van der Waals surface area contributed by atoms with Crippen molar-refractivity contribution in [3.05, 3.63) is 65.9 Å². The maximum absolute atomic E-state index is 12.9. The predicted molar refractivity (Wildman–Crippen MR) is 118 cm³/mol. The van der Waals surface area contributed by atoms with Gasteiger partial charge in [-0.3, -0.25) is 10.4 Å². The summed E-state index contributed by atoms with van der Waals surface area (Å²) in [5.41, 5.74) is 4.83. The van der Waals surface area contributed by atoms with Crippen LogP contribution in [0.4, 0.5) is 24.5 Å². The van der Waals surface area contributed by atoms with Crippen LogP contribution < -0.4 is 10.3 Å². The van der Waals surface area contributed by atoms with E-state index in [2.05, 4.69) is 20.4 Å². The molecule has 0 aliphatic rings. The standard InChI is InChI=1S/C21H19Cl2F3N4/c22-8-11-30(12-9-23)17-4-1-15(2-5-17)14-28-29-19-7-10-27-20-13-16(21(24,25)26)3-6-18(19)20/h1-7,10,13-14H,8-9,11-12H2,(H,27,29). The van der Waals surface area contributed by atoms with Gasteiger partial charge in [0.05, 0.1) is 23.0 Å². The van der Waals surface area contributed by atoms with Crippen LogP contribution in [0.1, 0.15) is 11.1 Å². The number of hydrazone groups is 1. The zero-order chi connectivity index (χ0) is 21.6. The van der Waals surface area contributed by atoms with E-state index in [4.69, 9.17) is 23.2 Å². The zero-order valence-electron chi connectivity index (χ0n) is 15.8. The lowest BCUT2D eigenvalue weighted by atomic mass is 10.1. The highest BCUT2D eigenvalue weighted by atomic mass is 35.5. The van der Waals surface area contributed by atoms with Gasteiger partial charge in [0.1, 0.15) is 0 Å². The molecule has 1 aromatic heterocycles. The molecule has 4 nitrogen and oxygen atoms in total. The first-order chi connectivity index (χ1) is 14.4. The summed E-state index contributed by atoms with van der Waals surface area (Å²) in [6, 6.07) is 12.8. The Hall–Kier alpha value is -2.51. The summed E-state index contributed by atoms with van der Waals surface area (Å²) < 4.78 is 38.7. The predicted octanol–water partition coefficient (Wildman–Crippen LogP) is 5.98. The van der Waals surface area contributed by atoms with Crippen LogP contribution in [0.15, 0.2) is 59.8 Å². The van der Waals surface area contributed by atoms with Crippen molar-refractivity contribution in [1.82, 2.24) is 4.98 Å². The average molecular weight is 455 g/mol. The molecule has 0 spiro atoms. The Morgan fingerprint density at radius 1 is 1.00 bits per heavy atom. The molecule has 0 aliphatic heterocycles. The van der Waals surface area contributed by atoms with Crippen LogP contribution in [0.25, 0.3) is 10.9 Å². The minimum absolute atomic E-state index is 0.244. The van der Waals surface area contributed by atoms with E-state index in [1.54, 1.807) is 12.3 Å². The first-order valence-corrected chi connectivity index (χ1v) is 10.2. The number of aromatic nitrogens is 1. The molecule has 30 heavy (non-hydrogen) atoms. The number of benzene rings is 2. The molecule has 0 saturated heterocycles. The van der Waals surface area contributed by atoms with Crippen LogP contribution in [0.2, 0.25) is 0 Å². The van der Waals surface area contributed by atoms with Crippen molar-refractivity contribution >= 4 is 51.7 Å². The maximum Gasteiger partial charge on any atom is 0.416 e. The fourth-order valence-corrected chi connectivity index (χ4v) is 3.35. The highest BCUT2D eigenvalue weighted by Gasteiger charge is 2.30. The number of hydrogen-bond acceptors (Lipinski definition) is 4. The summed E-state index contributed by atoms with van der Waals surface area (Å²) in [4.78, 5) is 6.12. The number of halogens is 5. The molecule has 0 fully saturated rings. The third-order valence-electron chi connectivity index (χ3n) is 4.44. The van der Waals surface area contributed by atoms with Crippen LogP contribution in [-0.4, -0.2) is 36.0 Å². The van der Waals surface area contributed by atoms with Gasteiger partial charge in [-0.05, 0) is 35.9 Å². The fourth-order valence-electron chi connectivity index (χ4n) is 2.94. The second kappa shape index (κ2) is 10.00. The third kappa shape index (κ3) is 5.55. The molecule has 9 heteroatoms. The molecule has 0 atom stereocenters. The maximum atomic E-state index is 12.9. The summed E-state index contributed by atoms with van der Waals surface area (Å²) in [6.07, 6.45) is -1.34. The van der Waals surface area contributed by atoms with Crippen LogP contribution in [0.5, 0.6) is 0 Å². The first-order valence-electron chi connectivity index (χ1n) is 9.14. The van der Waals surface area contributed by atoms with Crippen molar-refractivity contribution in [2.24, 2.45) is 5.10 Å². The molecule has 0 aliphatic carbocycles. The number of rotatable bonds is 8. The van der Waals surface area contributed by atoms with E-state index in [1.165, 1.54) is 12.3 Å². The molecule has 0 saturated carbocycles. The molecular weight excluding hydrogens is 436 g/mol. The fraction of sp³-hybridized carbons (Fsp3) is 0.238. The summed E-state index contributed by atoms with van der Waals surface area (Å²) in [5.74, 6) is 1.02. The van der Waals surface area contributed by atoms with Gasteiger partial charge in [-0.1, -0.05) is 18.2 Å². The summed E-state index contributed by atoms with van der Waals surface area (Å²) in [5, 5.41) is 4.75. The number of fused-ring (bicyclic) bond motifs is 1. The van der Waals surface area contributed by atoms with Crippen molar-refractivity contribution in [3.63, 3.8) is 0 Å². The highest BCUT2D eigenvalue weighted by Crippen LogP contribution is 2.32. The monoisotopic (exact) mass is 454 g/mol. The van der Waals surface area contributed by atoms with Gasteiger partial charge in [-0.15, -0.1) is 23.2 Å². The average Bonchev–Trinajstić information content (AvgIpc) is 2.73. The number of anilines is 2. The molecule has 1 heterocycles. The number of pyridine rings is 1. The van der Waals surface area contributed by atoms with Gasteiger partial charge in [-0.2, -0.15) is 18.3 Å². The minimum atomic E-state index is -4.41. The normalized spacial score (nSPS) is 11.9. The second-order valence-corrected chi connectivity index (χ2v) is 7.17. The molecule has 158 valence electrons. The van der Waals surface area contributed by atoms with Crippen molar-refractivity contribution in [3.8, 4) is 0 Å². The van der Waals surface area contributed by atoms with E-state index < -0.39 is 11.7 Å². The van der Waals surface area contributed by atoms with Crippen molar-refractivity contribution < 1.29 is 13.2 Å². The third-order valence-corrected chi connectivity index (χ3v) is 4.77. The van der Waals surface area contributed by atoms with Crippen LogP contribution >= 0.6 is 23.2 Å². The molecule has 0 amide bonds. The van der Waals surface area contributed by atoms with E-state index in [0.717, 1.165) is 23.4 Å². The minimum Gasteiger partial charge on any atom is -0.369 e. The smallest absolute Gasteiger partial charge is 0.369 e. The number of nitrogens with zero attached hydrogens (tertiary/aromatic N) is 3. The Labute approximate surface area is 182 Å². The van der Waals surface area contributed by atoms with Gasteiger partial charge >= 0.3 is 6.18 Å². The summed E-state index contributed by atoms with van der Waals surface area (Å²) in [6.45, 7) is 1.41. The topological polar surface area (TPSA) is 40.5 Å². The number of nitrogens with one attached hydrogen (secondary N) is 1. The van der Waals surface area contributed by atoms with Crippen molar-refractivity contribution in [2.75, 3.05) is 35.2 Å². The lowest BCUT2D eigenvalue weighted by molar-refractivity contribution is -0.137. The van der Waals surface area contributed by atoms with Gasteiger partial charge < -0.3 is 4.90 Å². The molecule has 3 aromatic rings. The Morgan fingerprint density at radius 3 is 2.33 bits per heavy atom. The number of hydrogen-bond donors (Lipinski definition) is 1. The Morgan fingerprint density at radius 2 is 1.70 bits per heavy atom. The molecule has 1 N–H and O–H groups in total. The Balaban J connectivity index is 1.73. The van der Waals surface area contributed by atoms with Crippen LogP contribution in [-0.2, 0) is 6.18 Å². The van der Waals surface area contributed by atoms with Gasteiger partial charge in [0.2, 0.25) is 0 Å². The summed E-state index contributed by atoms with van der Waals surface area (Å²) in [7, 11) is 0. The lowest BCUT2D eigenvalue weighted by Gasteiger charge is -2.22. The molecule has 0 radical (unpaired) electrons. The van der Waals surface area contributed by atoms with E-state index in [0.29, 0.717) is 35.9 Å². The molecule has 0 bridgehead atoms. The van der Waals surface area contributed by atoms with Crippen molar-refractivity contribution in [2.45, 2.75) is 6.18 Å². The number of alkyl halides is 5. The molecular formula is C21H19Cl2F3N4. The first kappa shape index (κ1) is 22.2. The van der Waals surface area contributed by atoms with Gasteiger partial charge in [0, 0.05) is 42.1 Å². The largest absolute Gasteiger partial charge is 0.416 e. The van der Waals surface area contributed by atoms with E-state index >= 15 is 0 Å². The van der Waals surface area contributed by atoms with Gasteiger partial charge in [-0.25, -0.2) is 0 Å². The molecule has 3 rings (SSSR count). The van der Waals surface area contributed by atoms with Crippen molar-refractivity contribution in [1.29, 1.82) is 0 Å². The SMILES string of the molecule is FC(F)(F)c1ccc2c(NN=Cc3ccc(N(CCCl)CCCl)cc3)ccnc2c1. The molecule has 0 unspecified atom stereocenters.